The van der Waals surface area contributed by atoms with Gasteiger partial charge >= 0.3 is 5.97 Å². The van der Waals surface area contributed by atoms with Gasteiger partial charge in [-0.3, -0.25) is 10.1 Å². The van der Waals surface area contributed by atoms with Crippen LogP contribution < -0.4 is 5.32 Å². The van der Waals surface area contributed by atoms with E-state index in [0.717, 1.165) is 16.6 Å². The van der Waals surface area contributed by atoms with Gasteiger partial charge in [0.05, 0.1) is 5.37 Å². The second-order valence-electron chi connectivity index (χ2n) is 5.18. The fraction of sp³-hybridized carbons (Fsp3) is 0.385. The van der Waals surface area contributed by atoms with E-state index in [1.165, 1.54) is 0 Å². The van der Waals surface area contributed by atoms with E-state index in [9.17, 15) is 9.90 Å². The largest absolute Gasteiger partial charge is 0.480 e. The van der Waals surface area contributed by atoms with Crippen LogP contribution in [-0.4, -0.2) is 31.8 Å². The fourth-order valence-corrected chi connectivity index (χ4v) is 3.91. The van der Waals surface area contributed by atoms with Crippen LogP contribution in [0, 0.1) is 0 Å². The molecule has 0 aliphatic carbocycles. The molecule has 3 rings (SSSR count). The quantitative estimate of drug-likeness (QED) is 0.784. The van der Waals surface area contributed by atoms with Crippen LogP contribution >= 0.6 is 11.8 Å². The molecule has 2 aromatic rings. The van der Waals surface area contributed by atoms with Gasteiger partial charge in [0, 0.05) is 28.1 Å². The second kappa shape index (κ2) is 4.25. The first-order valence-corrected chi connectivity index (χ1v) is 6.96. The summed E-state index contributed by atoms with van der Waals surface area (Å²) < 4.78 is -0.345. The Kier molecular flexibility index (Phi) is 2.79. The number of aliphatic carboxylic acids is 1. The SMILES string of the molecule is CC1(C)S[C@H](c2c[nH]c3ncccc23)N[C@@H]1C(=O)O. The maximum Gasteiger partial charge on any atom is 0.322 e. The number of nitrogens with one attached hydrogen (secondary N) is 2. The summed E-state index contributed by atoms with van der Waals surface area (Å²) in [5, 5.41) is 13.5. The number of pyridine rings is 1. The van der Waals surface area contributed by atoms with Gasteiger partial charge in [-0.1, -0.05) is 0 Å². The van der Waals surface area contributed by atoms with Crippen LogP contribution in [0.1, 0.15) is 24.8 Å². The Morgan fingerprint density at radius 3 is 3.00 bits per heavy atom. The molecule has 0 aromatic carbocycles. The number of aromatic amines is 1. The smallest absolute Gasteiger partial charge is 0.322 e. The van der Waals surface area contributed by atoms with Crippen molar-refractivity contribution in [2.24, 2.45) is 0 Å². The average molecular weight is 277 g/mol. The highest BCUT2D eigenvalue weighted by atomic mass is 32.2. The van der Waals surface area contributed by atoms with Gasteiger partial charge in [-0.05, 0) is 26.0 Å². The highest BCUT2D eigenvalue weighted by Gasteiger charge is 2.46. The zero-order valence-electron chi connectivity index (χ0n) is 10.7. The zero-order valence-corrected chi connectivity index (χ0v) is 11.5. The Labute approximate surface area is 114 Å². The summed E-state index contributed by atoms with van der Waals surface area (Å²) in [5.41, 5.74) is 1.89. The molecule has 1 aliphatic rings. The zero-order chi connectivity index (χ0) is 13.6. The third-order valence-corrected chi connectivity index (χ3v) is 4.92. The van der Waals surface area contributed by atoms with Gasteiger partial charge in [0.2, 0.25) is 0 Å². The third kappa shape index (κ3) is 2.01. The fourth-order valence-electron chi connectivity index (χ4n) is 2.47. The molecule has 0 unspecified atom stereocenters. The normalized spacial score (nSPS) is 25.8. The average Bonchev–Trinajstić information content (AvgIpc) is 2.89. The van der Waals surface area contributed by atoms with Crippen LogP contribution in [0.5, 0.6) is 0 Å². The number of carboxylic acids is 1. The molecule has 0 bridgehead atoms. The van der Waals surface area contributed by atoms with Crippen molar-refractivity contribution in [3.63, 3.8) is 0 Å². The molecule has 1 saturated heterocycles. The predicted molar refractivity (Wildman–Crippen MR) is 75.1 cm³/mol. The third-order valence-electron chi connectivity index (χ3n) is 3.45. The minimum Gasteiger partial charge on any atom is -0.480 e. The monoisotopic (exact) mass is 277 g/mol. The number of fused-ring (bicyclic) bond motifs is 1. The molecule has 2 atom stereocenters. The Morgan fingerprint density at radius 2 is 2.32 bits per heavy atom. The molecule has 1 fully saturated rings. The predicted octanol–water partition coefficient (Wildman–Crippen LogP) is 2.13. The molecule has 19 heavy (non-hydrogen) atoms. The van der Waals surface area contributed by atoms with Crippen LogP contribution in [0.3, 0.4) is 0 Å². The van der Waals surface area contributed by atoms with E-state index < -0.39 is 12.0 Å². The van der Waals surface area contributed by atoms with Gasteiger partial charge < -0.3 is 10.1 Å². The number of rotatable bonds is 2. The van der Waals surface area contributed by atoms with Gasteiger partial charge in [-0.2, -0.15) is 0 Å². The van der Waals surface area contributed by atoms with Gasteiger partial charge in [0.1, 0.15) is 11.7 Å². The molecule has 0 radical (unpaired) electrons. The molecular weight excluding hydrogens is 262 g/mol. The van der Waals surface area contributed by atoms with Crippen LogP contribution in [0.2, 0.25) is 0 Å². The lowest BCUT2D eigenvalue weighted by Gasteiger charge is -2.20. The van der Waals surface area contributed by atoms with Gasteiger partial charge in [-0.15, -0.1) is 11.8 Å². The number of hydrogen-bond acceptors (Lipinski definition) is 4. The van der Waals surface area contributed by atoms with Crippen molar-refractivity contribution < 1.29 is 9.90 Å². The van der Waals surface area contributed by atoms with Crippen molar-refractivity contribution in [3.05, 3.63) is 30.1 Å². The molecule has 100 valence electrons. The number of H-pyrrole nitrogens is 1. The number of nitrogens with zero attached hydrogens (tertiary/aromatic N) is 1. The van der Waals surface area contributed by atoms with Crippen LogP contribution in [-0.2, 0) is 4.79 Å². The maximum absolute atomic E-state index is 11.3. The number of carbonyl (C=O) groups is 1. The van der Waals surface area contributed by atoms with Crippen LogP contribution in [0.15, 0.2) is 24.5 Å². The van der Waals surface area contributed by atoms with Crippen molar-refractivity contribution >= 4 is 28.8 Å². The lowest BCUT2D eigenvalue weighted by atomic mass is 10.0. The van der Waals surface area contributed by atoms with Crippen molar-refractivity contribution in [2.75, 3.05) is 0 Å². The van der Waals surface area contributed by atoms with E-state index in [0.29, 0.717) is 0 Å². The topological polar surface area (TPSA) is 78.0 Å². The molecular formula is C13H15N3O2S. The van der Waals surface area contributed by atoms with E-state index in [2.05, 4.69) is 15.3 Å². The molecule has 2 aromatic heterocycles. The lowest BCUT2D eigenvalue weighted by Crippen LogP contribution is -2.43. The standard InChI is InChI=1S/C13H15N3O2S/c1-13(2)9(12(17)18)16-11(19-13)8-6-15-10-7(8)4-3-5-14-10/h3-6,9,11,16H,1-2H3,(H,14,15)(H,17,18)/t9-,11-/m1/s1. The molecule has 3 N–H and O–H groups in total. The molecule has 0 spiro atoms. The highest BCUT2D eigenvalue weighted by molar-refractivity contribution is 8.01. The van der Waals surface area contributed by atoms with Crippen molar-refractivity contribution in [2.45, 2.75) is 30.0 Å². The summed E-state index contributed by atoms with van der Waals surface area (Å²) in [6.45, 7) is 3.91. The van der Waals surface area contributed by atoms with Crippen molar-refractivity contribution in [1.29, 1.82) is 0 Å². The molecule has 5 nitrogen and oxygen atoms in total. The summed E-state index contributed by atoms with van der Waals surface area (Å²) >= 11 is 1.64. The van der Waals surface area contributed by atoms with E-state index in [1.807, 2.05) is 32.2 Å². The number of thioether (sulfide) groups is 1. The highest BCUT2D eigenvalue weighted by Crippen LogP contribution is 2.47. The summed E-state index contributed by atoms with van der Waals surface area (Å²) in [6, 6.07) is 3.33. The molecule has 1 aliphatic heterocycles. The number of carboxylic acid groups (broad SMARTS) is 1. The first kappa shape index (κ1) is 12.5. The second-order valence-corrected chi connectivity index (χ2v) is 6.94. The molecule has 0 amide bonds. The number of aromatic nitrogens is 2. The van der Waals surface area contributed by atoms with E-state index >= 15 is 0 Å². The maximum atomic E-state index is 11.3. The minimum absolute atomic E-state index is 0.0333. The molecule has 3 heterocycles. The molecule has 0 saturated carbocycles. The van der Waals surface area contributed by atoms with Crippen LogP contribution in [0.4, 0.5) is 0 Å². The Balaban J connectivity index is 1.98. The Bertz CT molecular complexity index is 638. The van der Waals surface area contributed by atoms with Crippen LogP contribution in [0.25, 0.3) is 11.0 Å². The van der Waals surface area contributed by atoms with Crippen molar-refractivity contribution in [1.82, 2.24) is 15.3 Å². The first-order valence-electron chi connectivity index (χ1n) is 6.08. The van der Waals surface area contributed by atoms with Gasteiger partial charge in [0.15, 0.2) is 0 Å². The Hall–Kier alpha value is -1.53. The van der Waals surface area contributed by atoms with Gasteiger partial charge in [-0.25, -0.2) is 4.98 Å². The summed E-state index contributed by atoms with van der Waals surface area (Å²) in [7, 11) is 0. The van der Waals surface area contributed by atoms with Gasteiger partial charge in [0.25, 0.3) is 0 Å². The van der Waals surface area contributed by atoms with E-state index in [-0.39, 0.29) is 10.1 Å². The number of hydrogen-bond donors (Lipinski definition) is 3. The Morgan fingerprint density at radius 1 is 1.53 bits per heavy atom. The minimum atomic E-state index is -0.807. The van der Waals surface area contributed by atoms with Crippen molar-refractivity contribution in [3.8, 4) is 0 Å². The van der Waals surface area contributed by atoms with E-state index in [1.54, 1.807) is 18.0 Å². The molecule has 6 heteroatoms. The first-order chi connectivity index (χ1) is 8.99. The lowest BCUT2D eigenvalue weighted by molar-refractivity contribution is -0.139. The van der Waals surface area contributed by atoms with E-state index in [4.69, 9.17) is 0 Å². The summed E-state index contributed by atoms with van der Waals surface area (Å²) in [4.78, 5) is 18.7. The summed E-state index contributed by atoms with van der Waals surface area (Å²) in [5.74, 6) is -0.807. The summed E-state index contributed by atoms with van der Waals surface area (Å²) in [6.07, 6.45) is 3.64.